The summed E-state index contributed by atoms with van der Waals surface area (Å²) in [7, 11) is 0. The number of nitrogens with zero attached hydrogens (tertiary/aromatic N) is 1. The van der Waals surface area contributed by atoms with E-state index in [9.17, 15) is 4.79 Å². The van der Waals surface area contributed by atoms with Crippen LogP contribution in [0.1, 0.15) is 6.92 Å². The average molecular weight is 246 g/mol. The molecule has 0 aromatic heterocycles. The zero-order chi connectivity index (χ0) is 11.5. The summed E-state index contributed by atoms with van der Waals surface area (Å²) in [6.07, 6.45) is -0.231. The standard InChI is InChI=1S/C10H18N2O3S/c1-7-2-12(3-8(4-13)15-7)10(14)9-5-16-6-11-9/h7-9,11,13H,2-6H2,1H3. The van der Waals surface area contributed by atoms with Gasteiger partial charge in [0.1, 0.15) is 0 Å². The Morgan fingerprint density at radius 1 is 1.62 bits per heavy atom. The molecule has 2 heterocycles. The van der Waals surface area contributed by atoms with E-state index in [0.717, 1.165) is 11.6 Å². The molecule has 2 aliphatic heterocycles. The van der Waals surface area contributed by atoms with E-state index in [4.69, 9.17) is 9.84 Å². The van der Waals surface area contributed by atoms with Crippen molar-refractivity contribution in [2.24, 2.45) is 0 Å². The fourth-order valence-electron chi connectivity index (χ4n) is 2.10. The summed E-state index contributed by atoms with van der Waals surface area (Å²) in [5.74, 6) is 1.83. The molecule has 16 heavy (non-hydrogen) atoms. The van der Waals surface area contributed by atoms with Crippen molar-refractivity contribution in [3.8, 4) is 0 Å². The molecule has 0 bridgehead atoms. The van der Waals surface area contributed by atoms with Gasteiger partial charge in [-0.3, -0.25) is 10.1 Å². The number of thioether (sulfide) groups is 1. The van der Waals surface area contributed by atoms with E-state index >= 15 is 0 Å². The molecule has 0 aromatic carbocycles. The van der Waals surface area contributed by atoms with E-state index in [1.807, 2.05) is 6.92 Å². The van der Waals surface area contributed by atoms with Crippen molar-refractivity contribution in [1.82, 2.24) is 10.2 Å². The van der Waals surface area contributed by atoms with Crippen molar-refractivity contribution in [2.45, 2.75) is 25.2 Å². The van der Waals surface area contributed by atoms with Crippen molar-refractivity contribution in [3.63, 3.8) is 0 Å². The van der Waals surface area contributed by atoms with Crippen LogP contribution in [0.15, 0.2) is 0 Å². The molecule has 1 amide bonds. The minimum Gasteiger partial charge on any atom is -0.394 e. The summed E-state index contributed by atoms with van der Waals surface area (Å²) in [5, 5.41) is 12.3. The summed E-state index contributed by atoms with van der Waals surface area (Å²) in [4.78, 5) is 13.9. The first kappa shape index (κ1) is 12.2. The van der Waals surface area contributed by atoms with Gasteiger partial charge in [-0.2, -0.15) is 0 Å². The summed E-state index contributed by atoms with van der Waals surface area (Å²) in [6, 6.07) is -0.0605. The molecule has 3 atom stereocenters. The van der Waals surface area contributed by atoms with E-state index in [0.29, 0.717) is 13.1 Å². The Kier molecular flexibility index (Phi) is 4.07. The number of carbonyl (C=O) groups is 1. The van der Waals surface area contributed by atoms with Crippen LogP contribution in [0, 0.1) is 0 Å². The average Bonchev–Trinajstić information content (AvgIpc) is 2.80. The van der Waals surface area contributed by atoms with Gasteiger partial charge in [0.2, 0.25) is 5.91 Å². The van der Waals surface area contributed by atoms with Gasteiger partial charge in [-0.1, -0.05) is 0 Å². The number of amides is 1. The van der Waals surface area contributed by atoms with Gasteiger partial charge in [-0.15, -0.1) is 11.8 Å². The zero-order valence-corrected chi connectivity index (χ0v) is 10.2. The number of aliphatic hydroxyl groups excluding tert-OH is 1. The topological polar surface area (TPSA) is 61.8 Å². The van der Waals surface area contributed by atoms with Crippen molar-refractivity contribution in [3.05, 3.63) is 0 Å². The van der Waals surface area contributed by atoms with Crippen LogP contribution in [0.3, 0.4) is 0 Å². The van der Waals surface area contributed by atoms with Crippen LogP contribution in [0.4, 0.5) is 0 Å². The summed E-state index contributed by atoms with van der Waals surface area (Å²) in [6.45, 7) is 3.03. The quantitative estimate of drug-likeness (QED) is 0.672. The second kappa shape index (κ2) is 5.35. The molecule has 2 saturated heterocycles. The number of nitrogens with one attached hydrogen (secondary N) is 1. The van der Waals surface area contributed by atoms with Crippen LogP contribution in [-0.2, 0) is 9.53 Å². The molecule has 6 heteroatoms. The van der Waals surface area contributed by atoms with Gasteiger partial charge < -0.3 is 14.7 Å². The van der Waals surface area contributed by atoms with Gasteiger partial charge in [0, 0.05) is 24.7 Å². The normalized spacial score (nSPS) is 35.4. The Balaban J connectivity index is 1.94. The van der Waals surface area contributed by atoms with Gasteiger partial charge in [0.05, 0.1) is 24.9 Å². The zero-order valence-electron chi connectivity index (χ0n) is 9.39. The Hall–Kier alpha value is -0.300. The lowest BCUT2D eigenvalue weighted by atomic mass is 10.2. The van der Waals surface area contributed by atoms with Crippen LogP contribution in [0.5, 0.6) is 0 Å². The van der Waals surface area contributed by atoms with Gasteiger partial charge in [-0.25, -0.2) is 0 Å². The summed E-state index contributed by atoms with van der Waals surface area (Å²) >= 11 is 1.74. The van der Waals surface area contributed by atoms with Crippen molar-refractivity contribution < 1.29 is 14.6 Å². The number of hydrogen-bond donors (Lipinski definition) is 2. The molecule has 0 aromatic rings. The molecule has 5 nitrogen and oxygen atoms in total. The maximum Gasteiger partial charge on any atom is 0.240 e. The number of rotatable bonds is 2. The first-order chi connectivity index (χ1) is 7.70. The molecular formula is C10H18N2O3S. The highest BCUT2D eigenvalue weighted by Crippen LogP contribution is 2.16. The fraction of sp³-hybridized carbons (Fsp3) is 0.900. The van der Waals surface area contributed by atoms with Gasteiger partial charge >= 0.3 is 0 Å². The van der Waals surface area contributed by atoms with Crippen LogP contribution in [0.25, 0.3) is 0 Å². The monoisotopic (exact) mass is 246 g/mol. The summed E-state index contributed by atoms with van der Waals surface area (Å²) in [5.41, 5.74) is 0. The molecule has 2 rings (SSSR count). The maximum atomic E-state index is 12.1. The lowest BCUT2D eigenvalue weighted by Gasteiger charge is -2.37. The highest BCUT2D eigenvalue weighted by Gasteiger charge is 2.33. The van der Waals surface area contributed by atoms with E-state index < -0.39 is 0 Å². The molecular weight excluding hydrogens is 228 g/mol. The van der Waals surface area contributed by atoms with Gasteiger partial charge in [0.15, 0.2) is 0 Å². The van der Waals surface area contributed by atoms with Crippen LogP contribution >= 0.6 is 11.8 Å². The highest BCUT2D eigenvalue weighted by molar-refractivity contribution is 7.99. The van der Waals surface area contributed by atoms with E-state index in [2.05, 4.69) is 5.32 Å². The third kappa shape index (κ3) is 2.68. The first-order valence-corrected chi connectivity index (χ1v) is 6.72. The molecule has 2 fully saturated rings. The summed E-state index contributed by atoms with van der Waals surface area (Å²) < 4.78 is 5.51. The second-order valence-corrected chi connectivity index (χ2v) is 5.30. The lowest BCUT2D eigenvalue weighted by molar-refractivity contribution is -0.148. The molecule has 0 radical (unpaired) electrons. The Labute approximate surface area is 99.5 Å². The van der Waals surface area contributed by atoms with Crippen molar-refractivity contribution in [1.29, 1.82) is 0 Å². The number of morpholine rings is 1. The Morgan fingerprint density at radius 3 is 3.06 bits per heavy atom. The molecule has 3 unspecified atom stereocenters. The highest BCUT2D eigenvalue weighted by atomic mass is 32.2. The number of ether oxygens (including phenoxy) is 1. The minimum absolute atomic E-state index is 0.00362. The first-order valence-electron chi connectivity index (χ1n) is 5.57. The van der Waals surface area contributed by atoms with Crippen LogP contribution in [-0.4, -0.2) is 65.5 Å². The minimum atomic E-state index is -0.234. The Bertz CT molecular complexity index is 258. The number of aliphatic hydroxyl groups is 1. The van der Waals surface area contributed by atoms with Crippen molar-refractivity contribution >= 4 is 17.7 Å². The molecule has 0 aliphatic carbocycles. The number of carbonyl (C=O) groups excluding carboxylic acids is 1. The third-order valence-electron chi connectivity index (χ3n) is 2.86. The van der Waals surface area contributed by atoms with Crippen LogP contribution in [0.2, 0.25) is 0 Å². The smallest absolute Gasteiger partial charge is 0.240 e. The molecule has 0 saturated carbocycles. The molecule has 2 aliphatic rings. The number of hydrogen-bond acceptors (Lipinski definition) is 5. The molecule has 2 N–H and O–H groups in total. The predicted molar refractivity (Wildman–Crippen MR) is 62.2 cm³/mol. The van der Waals surface area contributed by atoms with E-state index in [1.165, 1.54) is 0 Å². The largest absolute Gasteiger partial charge is 0.394 e. The molecule has 92 valence electrons. The predicted octanol–water partition coefficient (Wildman–Crippen LogP) is -0.743. The third-order valence-corrected chi connectivity index (χ3v) is 3.80. The Morgan fingerprint density at radius 2 is 2.44 bits per heavy atom. The SMILES string of the molecule is CC1CN(C(=O)C2CSCN2)CC(CO)O1. The maximum absolute atomic E-state index is 12.1. The van der Waals surface area contributed by atoms with Crippen LogP contribution < -0.4 is 5.32 Å². The second-order valence-electron chi connectivity index (χ2n) is 4.27. The fourth-order valence-corrected chi connectivity index (χ4v) is 3.03. The van der Waals surface area contributed by atoms with Crippen molar-refractivity contribution in [2.75, 3.05) is 31.3 Å². The van der Waals surface area contributed by atoms with Gasteiger partial charge in [0.25, 0.3) is 0 Å². The van der Waals surface area contributed by atoms with Gasteiger partial charge in [-0.05, 0) is 6.92 Å². The van der Waals surface area contributed by atoms with E-state index in [1.54, 1.807) is 16.7 Å². The lowest BCUT2D eigenvalue weighted by Crippen LogP contribution is -2.54. The van der Waals surface area contributed by atoms with E-state index in [-0.39, 0.29) is 30.8 Å². The molecule has 0 spiro atoms.